The van der Waals surface area contributed by atoms with Crippen molar-refractivity contribution >= 4 is 5.91 Å². The van der Waals surface area contributed by atoms with Gasteiger partial charge < -0.3 is 11.1 Å². The van der Waals surface area contributed by atoms with Crippen LogP contribution in [-0.2, 0) is 17.6 Å². The van der Waals surface area contributed by atoms with Gasteiger partial charge in [0.2, 0.25) is 5.91 Å². The van der Waals surface area contributed by atoms with Crippen LogP contribution in [-0.4, -0.2) is 22.4 Å². The predicted molar refractivity (Wildman–Crippen MR) is 78.1 cm³/mol. The van der Waals surface area contributed by atoms with E-state index in [1.54, 1.807) is 0 Å². The Bertz CT molecular complexity index is 499. The summed E-state index contributed by atoms with van der Waals surface area (Å²) in [6.45, 7) is 7.66. The molecule has 0 bridgehead atoms. The lowest BCUT2D eigenvalue weighted by Gasteiger charge is -2.36. The van der Waals surface area contributed by atoms with Gasteiger partial charge in [0, 0.05) is 23.5 Å². The van der Waals surface area contributed by atoms with Crippen LogP contribution in [0.15, 0.2) is 6.20 Å². The van der Waals surface area contributed by atoms with E-state index in [2.05, 4.69) is 36.1 Å². The number of aromatic nitrogens is 2. The number of amides is 1. The van der Waals surface area contributed by atoms with Crippen LogP contribution < -0.4 is 11.1 Å². The van der Waals surface area contributed by atoms with Gasteiger partial charge in [-0.3, -0.25) is 4.79 Å². The maximum absolute atomic E-state index is 11.0. The first-order valence-corrected chi connectivity index (χ1v) is 7.27. The number of carbonyl (C=O) groups is 1. The highest BCUT2D eigenvalue weighted by atomic mass is 16.1. The van der Waals surface area contributed by atoms with Crippen molar-refractivity contribution < 1.29 is 4.79 Å². The monoisotopic (exact) mass is 276 g/mol. The van der Waals surface area contributed by atoms with E-state index in [-0.39, 0.29) is 17.7 Å². The van der Waals surface area contributed by atoms with Crippen molar-refractivity contribution in [3.05, 3.63) is 23.3 Å². The molecule has 1 aromatic rings. The van der Waals surface area contributed by atoms with Crippen LogP contribution in [0.2, 0.25) is 0 Å². The van der Waals surface area contributed by atoms with Crippen molar-refractivity contribution in [2.75, 3.05) is 6.54 Å². The van der Waals surface area contributed by atoms with Crippen LogP contribution >= 0.6 is 0 Å². The highest BCUT2D eigenvalue weighted by Gasteiger charge is 2.33. The number of nitrogens with one attached hydrogen (secondary N) is 1. The third-order valence-corrected chi connectivity index (χ3v) is 3.70. The van der Waals surface area contributed by atoms with E-state index < -0.39 is 0 Å². The Morgan fingerprint density at radius 3 is 2.95 bits per heavy atom. The third-order valence-electron chi connectivity index (χ3n) is 3.70. The molecule has 0 spiro atoms. The molecule has 0 radical (unpaired) electrons. The van der Waals surface area contributed by atoms with Gasteiger partial charge in [0.1, 0.15) is 5.82 Å². The lowest BCUT2D eigenvalue weighted by atomic mass is 9.74. The first-order valence-electron chi connectivity index (χ1n) is 7.27. The van der Waals surface area contributed by atoms with Gasteiger partial charge in [0.25, 0.3) is 0 Å². The van der Waals surface area contributed by atoms with E-state index in [0.29, 0.717) is 11.9 Å². The summed E-state index contributed by atoms with van der Waals surface area (Å²) in [6, 6.07) is 0.302. The first-order chi connectivity index (χ1) is 9.41. The van der Waals surface area contributed by atoms with Crippen LogP contribution in [0.5, 0.6) is 0 Å². The molecule has 0 saturated heterocycles. The van der Waals surface area contributed by atoms with Gasteiger partial charge in [-0.2, -0.15) is 0 Å². The Balaban J connectivity index is 2.28. The molecule has 0 aliphatic heterocycles. The molecule has 3 N–H and O–H groups in total. The van der Waals surface area contributed by atoms with Crippen molar-refractivity contribution in [2.45, 2.75) is 52.5 Å². The Kier molecular flexibility index (Phi) is 4.38. The fourth-order valence-corrected chi connectivity index (χ4v) is 2.83. The Labute approximate surface area is 120 Å². The molecule has 110 valence electrons. The summed E-state index contributed by atoms with van der Waals surface area (Å²) in [5.41, 5.74) is 7.65. The molecule has 1 aliphatic rings. The molecule has 0 aromatic carbocycles. The minimum atomic E-state index is -0.388. The quantitative estimate of drug-likeness (QED) is 0.854. The molecule has 1 heterocycles. The van der Waals surface area contributed by atoms with Crippen LogP contribution in [0.4, 0.5) is 0 Å². The van der Waals surface area contributed by atoms with E-state index in [1.807, 2.05) is 6.20 Å². The number of primary amides is 1. The van der Waals surface area contributed by atoms with Crippen molar-refractivity contribution in [2.24, 2.45) is 11.1 Å². The van der Waals surface area contributed by atoms with E-state index in [1.165, 1.54) is 5.56 Å². The second-order valence-electron chi connectivity index (χ2n) is 6.38. The zero-order chi connectivity index (χ0) is 14.8. The van der Waals surface area contributed by atoms with E-state index in [0.717, 1.165) is 31.5 Å². The van der Waals surface area contributed by atoms with Gasteiger partial charge in [-0.15, -0.1) is 0 Å². The minimum Gasteiger partial charge on any atom is -0.369 e. The number of hydrogen-bond donors (Lipinski definition) is 2. The topological polar surface area (TPSA) is 80.9 Å². The summed E-state index contributed by atoms with van der Waals surface area (Å²) in [6.07, 6.45) is 5.08. The molecule has 0 fully saturated rings. The van der Waals surface area contributed by atoms with Crippen LogP contribution in [0.3, 0.4) is 0 Å². The number of nitrogens with zero attached hydrogens (tertiary/aromatic N) is 2. The minimum absolute atomic E-state index is 0.112. The summed E-state index contributed by atoms with van der Waals surface area (Å²) >= 11 is 0. The molecule has 1 aromatic heterocycles. The molecule has 1 atom stereocenters. The normalized spacial score (nSPS) is 20.4. The second kappa shape index (κ2) is 5.87. The summed E-state index contributed by atoms with van der Waals surface area (Å²) < 4.78 is 0. The van der Waals surface area contributed by atoms with Gasteiger partial charge in [-0.1, -0.05) is 20.8 Å². The largest absolute Gasteiger partial charge is 0.369 e. The fourth-order valence-electron chi connectivity index (χ4n) is 2.83. The van der Waals surface area contributed by atoms with Crippen LogP contribution in [0.25, 0.3) is 0 Å². The second-order valence-corrected chi connectivity index (χ2v) is 6.38. The molecule has 1 unspecified atom stereocenters. The van der Waals surface area contributed by atoms with E-state index in [4.69, 9.17) is 5.73 Å². The number of fused-ring (bicyclic) bond motifs is 1. The van der Waals surface area contributed by atoms with Gasteiger partial charge in [0.05, 0.1) is 6.42 Å². The number of hydrogen-bond acceptors (Lipinski definition) is 4. The summed E-state index contributed by atoms with van der Waals surface area (Å²) in [5, 5.41) is 3.57. The molecule has 5 heteroatoms. The molecule has 0 saturated carbocycles. The van der Waals surface area contributed by atoms with Crippen molar-refractivity contribution in [1.29, 1.82) is 0 Å². The fraction of sp³-hybridized carbons (Fsp3) is 0.667. The van der Waals surface area contributed by atoms with E-state index in [9.17, 15) is 4.79 Å². The maximum Gasteiger partial charge on any atom is 0.225 e. The lowest BCUT2D eigenvalue weighted by molar-refractivity contribution is -0.117. The smallest absolute Gasteiger partial charge is 0.225 e. The van der Waals surface area contributed by atoms with E-state index >= 15 is 0 Å². The van der Waals surface area contributed by atoms with Crippen molar-refractivity contribution in [3.8, 4) is 0 Å². The zero-order valence-electron chi connectivity index (χ0n) is 12.6. The summed E-state index contributed by atoms with van der Waals surface area (Å²) in [5.74, 6) is 0.142. The number of nitrogens with two attached hydrogens (primary N) is 1. The third kappa shape index (κ3) is 3.54. The highest BCUT2D eigenvalue weighted by Crippen LogP contribution is 2.39. The molecule has 2 rings (SSSR count). The van der Waals surface area contributed by atoms with Crippen molar-refractivity contribution in [3.63, 3.8) is 0 Å². The number of carbonyl (C=O) groups excluding carboxylic acids is 1. The Morgan fingerprint density at radius 2 is 2.30 bits per heavy atom. The average molecular weight is 276 g/mol. The van der Waals surface area contributed by atoms with Gasteiger partial charge in [-0.25, -0.2) is 9.97 Å². The Morgan fingerprint density at radius 1 is 1.55 bits per heavy atom. The lowest BCUT2D eigenvalue weighted by Crippen LogP contribution is -2.35. The van der Waals surface area contributed by atoms with Gasteiger partial charge in [0.15, 0.2) is 0 Å². The van der Waals surface area contributed by atoms with Gasteiger partial charge in [-0.05, 0) is 31.2 Å². The summed E-state index contributed by atoms with van der Waals surface area (Å²) in [4.78, 5) is 19.8. The zero-order valence-corrected chi connectivity index (χ0v) is 12.6. The molecule has 5 nitrogen and oxygen atoms in total. The van der Waals surface area contributed by atoms with Crippen LogP contribution in [0, 0.1) is 5.41 Å². The van der Waals surface area contributed by atoms with Crippen molar-refractivity contribution in [1.82, 2.24) is 15.3 Å². The van der Waals surface area contributed by atoms with Gasteiger partial charge >= 0.3 is 0 Å². The number of rotatable bonds is 5. The Hall–Kier alpha value is -1.49. The molecule has 1 amide bonds. The maximum atomic E-state index is 11.0. The molecule has 1 aliphatic carbocycles. The standard InChI is InChI=1S/C15H24N4O/c1-4-5-17-11-7-15(2,3)8-12-10(11)9-18-14(19-12)6-13(16)20/h9,11,17H,4-8H2,1-3H3,(H2,16,20). The average Bonchev–Trinajstić information content (AvgIpc) is 2.33. The summed E-state index contributed by atoms with van der Waals surface area (Å²) in [7, 11) is 0. The molecular formula is C15H24N4O. The van der Waals surface area contributed by atoms with Crippen LogP contribution in [0.1, 0.15) is 56.7 Å². The highest BCUT2D eigenvalue weighted by molar-refractivity contribution is 5.75. The predicted octanol–water partition coefficient (Wildman–Crippen LogP) is 1.52. The molecule has 20 heavy (non-hydrogen) atoms. The molecular weight excluding hydrogens is 252 g/mol. The SMILES string of the molecule is CCCNC1CC(C)(C)Cc2nc(CC(N)=O)ncc21. The first kappa shape index (κ1) is 14.9.